The van der Waals surface area contributed by atoms with Crippen LogP contribution >= 0.6 is 0 Å². The smallest absolute Gasteiger partial charge is 0.459 e. The van der Waals surface area contributed by atoms with E-state index >= 15 is 0 Å². The Morgan fingerprint density at radius 3 is 2.57 bits per heavy atom. The molecule has 0 bridgehead atoms. The molecule has 0 unspecified atom stereocenters. The molecule has 5 nitrogen and oxygen atoms in total. The highest BCUT2D eigenvalue weighted by molar-refractivity contribution is 5.77. The molecule has 0 aromatic heterocycles. The monoisotopic (exact) mass is 202 g/mol. The normalized spacial score (nSPS) is 11.3. The quantitative estimate of drug-likeness (QED) is 0.496. The van der Waals surface area contributed by atoms with Gasteiger partial charge in [0.2, 0.25) is 0 Å². The van der Waals surface area contributed by atoms with Crippen LogP contribution in [0.15, 0.2) is 12.7 Å². The third-order valence-electron chi connectivity index (χ3n) is 1.21. The largest absolute Gasteiger partial charge is 0.509 e. The zero-order chi connectivity index (χ0) is 11.0. The molecule has 0 aliphatic heterocycles. The summed E-state index contributed by atoms with van der Waals surface area (Å²) in [5.74, 6) is -0.627. The number of esters is 1. The first-order valence-electron chi connectivity index (χ1n) is 4.22. The van der Waals surface area contributed by atoms with Crippen molar-refractivity contribution in [3.63, 3.8) is 0 Å². The van der Waals surface area contributed by atoms with Gasteiger partial charge >= 0.3 is 12.1 Å². The van der Waals surface area contributed by atoms with Gasteiger partial charge in [-0.15, -0.1) is 0 Å². The average Bonchev–Trinajstić information content (AvgIpc) is 2.14. The Kier molecular flexibility index (Phi) is 6.19. The first-order valence-corrected chi connectivity index (χ1v) is 4.22. The van der Waals surface area contributed by atoms with Crippen LogP contribution in [0.5, 0.6) is 0 Å². The molecule has 0 aliphatic rings. The fourth-order valence-electron chi connectivity index (χ4n) is 0.603. The topological polar surface area (TPSA) is 61.8 Å². The van der Waals surface area contributed by atoms with Crippen molar-refractivity contribution in [3.05, 3.63) is 12.7 Å². The van der Waals surface area contributed by atoms with E-state index < -0.39 is 18.2 Å². The third kappa shape index (κ3) is 5.18. The maximum atomic E-state index is 11.0. The minimum absolute atomic E-state index is 0.0926. The van der Waals surface area contributed by atoms with Gasteiger partial charge in [-0.25, -0.2) is 9.59 Å². The second-order valence-electron chi connectivity index (χ2n) is 2.36. The highest BCUT2D eigenvalue weighted by atomic mass is 16.7. The van der Waals surface area contributed by atoms with Crippen LogP contribution in [0.1, 0.15) is 13.8 Å². The van der Waals surface area contributed by atoms with Gasteiger partial charge in [0.1, 0.15) is 6.61 Å². The van der Waals surface area contributed by atoms with E-state index in [4.69, 9.17) is 0 Å². The van der Waals surface area contributed by atoms with E-state index in [9.17, 15) is 9.59 Å². The molecule has 0 aliphatic carbocycles. The Bertz CT molecular complexity index is 211. The van der Waals surface area contributed by atoms with Gasteiger partial charge in [-0.3, -0.25) is 0 Å². The van der Waals surface area contributed by atoms with Crippen molar-refractivity contribution in [1.29, 1.82) is 0 Å². The van der Waals surface area contributed by atoms with Crippen LogP contribution in [0.25, 0.3) is 0 Å². The van der Waals surface area contributed by atoms with E-state index in [0.29, 0.717) is 0 Å². The lowest BCUT2D eigenvalue weighted by Crippen LogP contribution is -2.26. The fraction of sp³-hybridized carbons (Fsp3) is 0.556. The molecule has 80 valence electrons. The number of carbonyl (C=O) groups excluding carboxylic acids is 2. The Morgan fingerprint density at radius 1 is 1.43 bits per heavy atom. The SMILES string of the molecule is C=CCOC(=O)[C@@H](C)OC(=O)OCC. The molecule has 0 saturated heterocycles. The molecule has 0 radical (unpaired) electrons. The van der Waals surface area contributed by atoms with Crippen LogP contribution in [0.4, 0.5) is 4.79 Å². The van der Waals surface area contributed by atoms with Gasteiger partial charge in [-0.1, -0.05) is 12.7 Å². The molecule has 0 fully saturated rings. The second kappa shape index (κ2) is 6.94. The summed E-state index contributed by atoms with van der Waals surface area (Å²) in [5.41, 5.74) is 0. The zero-order valence-electron chi connectivity index (χ0n) is 8.32. The lowest BCUT2D eigenvalue weighted by Gasteiger charge is -2.10. The van der Waals surface area contributed by atoms with E-state index in [1.807, 2.05) is 0 Å². The average molecular weight is 202 g/mol. The summed E-state index contributed by atoms with van der Waals surface area (Å²) in [6, 6.07) is 0. The van der Waals surface area contributed by atoms with E-state index in [-0.39, 0.29) is 13.2 Å². The minimum atomic E-state index is -0.964. The standard InChI is InChI=1S/C9H14O5/c1-4-6-13-8(10)7(3)14-9(11)12-5-2/h4,7H,1,5-6H2,2-3H3/t7-/m1/s1. The maximum absolute atomic E-state index is 11.0. The molecular weight excluding hydrogens is 188 g/mol. The number of ether oxygens (including phenoxy) is 3. The summed E-state index contributed by atoms with van der Waals surface area (Å²) in [7, 11) is 0. The summed E-state index contributed by atoms with van der Waals surface area (Å²) in [4.78, 5) is 21.8. The van der Waals surface area contributed by atoms with Crippen LogP contribution in [-0.4, -0.2) is 31.4 Å². The molecule has 5 heteroatoms. The van der Waals surface area contributed by atoms with Crippen molar-refractivity contribution in [2.24, 2.45) is 0 Å². The lowest BCUT2D eigenvalue weighted by atomic mass is 10.4. The van der Waals surface area contributed by atoms with Gasteiger partial charge in [0.05, 0.1) is 6.61 Å². The predicted molar refractivity (Wildman–Crippen MR) is 48.7 cm³/mol. The number of hydrogen-bond donors (Lipinski definition) is 0. The van der Waals surface area contributed by atoms with Crippen molar-refractivity contribution >= 4 is 12.1 Å². The molecule has 0 amide bonds. The zero-order valence-corrected chi connectivity index (χ0v) is 8.32. The molecule has 0 rings (SSSR count). The Labute approximate surface area is 82.6 Å². The van der Waals surface area contributed by atoms with E-state index in [0.717, 1.165) is 0 Å². The number of hydrogen-bond acceptors (Lipinski definition) is 5. The summed E-state index contributed by atoms with van der Waals surface area (Å²) >= 11 is 0. The first-order chi connectivity index (χ1) is 6.61. The van der Waals surface area contributed by atoms with Gasteiger partial charge < -0.3 is 14.2 Å². The molecule has 0 heterocycles. The van der Waals surface area contributed by atoms with Gasteiger partial charge in [0.15, 0.2) is 6.10 Å². The molecule has 0 aromatic carbocycles. The van der Waals surface area contributed by atoms with Crippen LogP contribution in [0.3, 0.4) is 0 Å². The molecule has 14 heavy (non-hydrogen) atoms. The van der Waals surface area contributed by atoms with E-state index in [1.54, 1.807) is 6.92 Å². The van der Waals surface area contributed by atoms with Gasteiger partial charge in [-0.2, -0.15) is 0 Å². The maximum Gasteiger partial charge on any atom is 0.509 e. The van der Waals surface area contributed by atoms with Crippen molar-refractivity contribution in [2.75, 3.05) is 13.2 Å². The molecule has 0 N–H and O–H groups in total. The van der Waals surface area contributed by atoms with E-state index in [2.05, 4.69) is 20.8 Å². The Hall–Kier alpha value is -1.52. The summed E-state index contributed by atoms with van der Waals surface area (Å²) in [6.45, 7) is 6.71. The molecule has 0 aromatic rings. The van der Waals surface area contributed by atoms with Gasteiger partial charge in [-0.05, 0) is 13.8 Å². The Balaban J connectivity index is 3.82. The van der Waals surface area contributed by atoms with Crippen LogP contribution in [0, 0.1) is 0 Å². The Morgan fingerprint density at radius 2 is 2.07 bits per heavy atom. The highest BCUT2D eigenvalue weighted by Gasteiger charge is 2.19. The second-order valence-corrected chi connectivity index (χ2v) is 2.36. The van der Waals surface area contributed by atoms with Gasteiger partial charge in [0, 0.05) is 0 Å². The molecule has 0 spiro atoms. The lowest BCUT2D eigenvalue weighted by molar-refractivity contribution is -0.152. The highest BCUT2D eigenvalue weighted by Crippen LogP contribution is 1.97. The number of rotatable bonds is 5. The van der Waals surface area contributed by atoms with E-state index in [1.165, 1.54) is 13.0 Å². The predicted octanol–water partition coefficient (Wildman–Crippen LogP) is 1.28. The van der Waals surface area contributed by atoms with Crippen molar-refractivity contribution in [2.45, 2.75) is 20.0 Å². The van der Waals surface area contributed by atoms with Crippen molar-refractivity contribution in [1.82, 2.24) is 0 Å². The molecule has 1 atom stereocenters. The molecular formula is C9H14O5. The van der Waals surface area contributed by atoms with Gasteiger partial charge in [0.25, 0.3) is 0 Å². The minimum Gasteiger partial charge on any atom is -0.459 e. The summed E-state index contributed by atoms with van der Waals surface area (Å²) < 4.78 is 13.7. The summed E-state index contributed by atoms with van der Waals surface area (Å²) in [5, 5.41) is 0. The summed E-state index contributed by atoms with van der Waals surface area (Å²) in [6.07, 6.45) is -0.417. The third-order valence-corrected chi connectivity index (χ3v) is 1.21. The van der Waals surface area contributed by atoms with Crippen LogP contribution in [0.2, 0.25) is 0 Å². The molecule has 0 saturated carbocycles. The van der Waals surface area contributed by atoms with Crippen molar-refractivity contribution < 1.29 is 23.8 Å². The fourth-order valence-corrected chi connectivity index (χ4v) is 0.603. The first kappa shape index (κ1) is 12.5. The van der Waals surface area contributed by atoms with Crippen molar-refractivity contribution in [3.8, 4) is 0 Å². The number of carbonyl (C=O) groups is 2. The van der Waals surface area contributed by atoms with Crippen LogP contribution < -0.4 is 0 Å². The van der Waals surface area contributed by atoms with Crippen LogP contribution in [-0.2, 0) is 19.0 Å².